The van der Waals surface area contributed by atoms with Gasteiger partial charge in [-0.25, -0.2) is 0 Å². The Balaban J connectivity index is 1.89. The summed E-state index contributed by atoms with van der Waals surface area (Å²) in [5.41, 5.74) is 0. The van der Waals surface area contributed by atoms with Crippen LogP contribution in [0.4, 0.5) is 0 Å². The van der Waals surface area contributed by atoms with Crippen molar-refractivity contribution in [3.8, 4) is 17.2 Å². The van der Waals surface area contributed by atoms with Gasteiger partial charge < -0.3 is 14.4 Å². The van der Waals surface area contributed by atoms with Crippen LogP contribution in [0.15, 0.2) is 54.6 Å². The molecule has 21 heavy (non-hydrogen) atoms. The molecule has 0 N–H and O–H groups in total. The maximum absolute atomic E-state index is 5.80. The topological polar surface area (TPSA) is 21.7 Å². The summed E-state index contributed by atoms with van der Waals surface area (Å²) in [6.45, 7) is 8.07. The van der Waals surface area contributed by atoms with Gasteiger partial charge in [0.25, 0.3) is 0 Å². The number of hydrogen-bond acceptors (Lipinski definition) is 3. The Morgan fingerprint density at radius 1 is 0.810 bits per heavy atom. The second-order valence-corrected chi connectivity index (χ2v) is 4.77. The molecule has 112 valence electrons. The first-order valence-electron chi connectivity index (χ1n) is 7.50. The predicted molar refractivity (Wildman–Crippen MR) is 86.2 cm³/mol. The third-order valence-corrected chi connectivity index (χ3v) is 3.36. The summed E-state index contributed by atoms with van der Waals surface area (Å²) in [7, 11) is 0. The van der Waals surface area contributed by atoms with E-state index in [1.165, 1.54) is 0 Å². The van der Waals surface area contributed by atoms with Crippen LogP contribution in [0, 0.1) is 0 Å². The first-order chi connectivity index (χ1) is 10.3. The zero-order valence-corrected chi connectivity index (χ0v) is 12.8. The molecule has 2 rings (SSSR count). The smallest absolute Gasteiger partial charge is 0.131 e. The Morgan fingerprint density at radius 3 is 2.19 bits per heavy atom. The van der Waals surface area contributed by atoms with E-state index in [1.807, 2.05) is 54.6 Å². The minimum Gasteiger partial charge on any atom is -0.492 e. The fourth-order valence-electron chi connectivity index (χ4n) is 2.08. The molecule has 0 saturated heterocycles. The molecule has 0 bridgehead atoms. The summed E-state index contributed by atoms with van der Waals surface area (Å²) >= 11 is 0. The molecule has 0 aliphatic carbocycles. The average molecular weight is 285 g/mol. The number of ether oxygens (including phenoxy) is 2. The van der Waals surface area contributed by atoms with Crippen LogP contribution < -0.4 is 9.47 Å². The molecule has 0 spiro atoms. The van der Waals surface area contributed by atoms with E-state index in [2.05, 4.69) is 18.7 Å². The maximum atomic E-state index is 5.80. The van der Waals surface area contributed by atoms with Gasteiger partial charge in [0.1, 0.15) is 23.9 Å². The lowest BCUT2D eigenvalue weighted by Crippen LogP contribution is -2.27. The number of hydrogen-bond donors (Lipinski definition) is 0. The predicted octanol–water partition coefficient (Wildman–Crippen LogP) is 4.20. The van der Waals surface area contributed by atoms with Crippen LogP contribution in [-0.4, -0.2) is 31.1 Å². The summed E-state index contributed by atoms with van der Waals surface area (Å²) in [5.74, 6) is 2.47. The molecule has 0 atom stereocenters. The molecule has 0 amide bonds. The minimum atomic E-state index is 0.691. The normalized spacial score (nSPS) is 10.6. The molecule has 0 aliphatic rings. The maximum Gasteiger partial charge on any atom is 0.131 e. The third-order valence-electron chi connectivity index (χ3n) is 3.36. The standard InChI is InChI=1S/C18H23NO2/c1-3-19(4-2)13-14-20-17-11-8-12-18(15-17)21-16-9-6-5-7-10-16/h5-12,15H,3-4,13-14H2,1-2H3. The first-order valence-corrected chi connectivity index (χ1v) is 7.50. The van der Waals surface area contributed by atoms with Gasteiger partial charge in [0.15, 0.2) is 0 Å². The molecule has 2 aromatic rings. The second kappa shape index (κ2) is 8.32. The largest absolute Gasteiger partial charge is 0.492 e. The van der Waals surface area contributed by atoms with E-state index in [1.54, 1.807) is 0 Å². The van der Waals surface area contributed by atoms with Gasteiger partial charge in [-0.2, -0.15) is 0 Å². The van der Waals surface area contributed by atoms with E-state index in [-0.39, 0.29) is 0 Å². The van der Waals surface area contributed by atoms with Gasteiger partial charge in [0, 0.05) is 12.6 Å². The van der Waals surface area contributed by atoms with Crippen molar-refractivity contribution in [2.45, 2.75) is 13.8 Å². The molecule has 3 nitrogen and oxygen atoms in total. The van der Waals surface area contributed by atoms with Crippen LogP contribution in [0.2, 0.25) is 0 Å². The number of likely N-dealkylation sites (N-methyl/N-ethyl adjacent to an activating group) is 1. The third kappa shape index (κ3) is 5.12. The highest BCUT2D eigenvalue weighted by Crippen LogP contribution is 2.24. The summed E-state index contributed by atoms with van der Waals surface area (Å²) in [6, 6.07) is 17.5. The van der Waals surface area contributed by atoms with Gasteiger partial charge in [-0.15, -0.1) is 0 Å². The van der Waals surface area contributed by atoms with Crippen molar-refractivity contribution in [3.05, 3.63) is 54.6 Å². The van der Waals surface area contributed by atoms with Gasteiger partial charge in [0.05, 0.1) is 0 Å². The van der Waals surface area contributed by atoms with Crippen LogP contribution in [-0.2, 0) is 0 Å². The number of benzene rings is 2. The van der Waals surface area contributed by atoms with Crippen LogP contribution in [0.1, 0.15) is 13.8 Å². The molecule has 0 radical (unpaired) electrons. The summed E-state index contributed by atoms with van der Waals surface area (Å²) < 4.78 is 11.6. The quantitative estimate of drug-likeness (QED) is 0.725. The van der Waals surface area contributed by atoms with E-state index in [0.29, 0.717) is 6.61 Å². The SMILES string of the molecule is CCN(CC)CCOc1cccc(Oc2ccccc2)c1. The highest BCUT2D eigenvalue weighted by molar-refractivity contribution is 5.36. The van der Waals surface area contributed by atoms with Crippen molar-refractivity contribution in [1.29, 1.82) is 0 Å². The van der Waals surface area contributed by atoms with Crippen molar-refractivity contribution in [2.24, 2.45) is 0 Å². The van der Waals surface area contributed by atoms with Crippen LogP contribution in [0.5, 0.6) is 17.2 Å². The molecule has 0 aromatic heterocycles. The van der Waals surface area contributed by atoms with Gasteiger partial charge >= 0.3 is 0 Å². The lowest BCUT2D eigenvalue weighted by Gasteiger charge is -2.18. The summed E-state index contributed by atoms with van der Waals surface area (Å²) in [4.78, 5) is 2.34. The Labute approximate surface area is 127 Å². The van der Waals surface area contributed by atoms with Gasteiger partial charge in [-0.05, 0) is 37.4 Å². The molecule has 3 heteroatoms. The molecular weight excluding hydrogens is 262 g/mol. The Hall–Kier alpha value is -2.00. The van der Waals surface area contributed by atoms with E-state index >= 15 is 0 Å². The number of rotatable bonds is 8. The summed E-state index contributed by atoms with van der Waals surface area (Å²) in [5, 5.41) is 0. The number of nitrogens with zero attached hydrogens (tertiary/aromatic N) is 1. The minimum absolute atomic E-state index is 0.691. The monoisotopic (exact) mass is 285 g/mol. The average Bonchev–Trinajstić information content (AvgIpc) is 2.53. The molecule has 0 fully saturated rings. The fraction of sp³-hybridized carbons (Fsp3) is 0.333. The van der Waals surface area contributed by atoms with Crippen LogP contribution >= 0.6 is 0 Å². The van der Waals surface area contributed by atoms with Crippen molar-refractivity contribution in [2.75, 3.05) is 26.2 Å². The van der Waals surface area contributed by atoms with Gasteiger partial charge in [-0.1, -0.05) is 38.1 Å². The molecule has 0 aliphatic heterocycles. The fourth-order valence-corrected chi connectivity index (χ4v) is 2.08. The zero-order chi connectivity index (χ0) is 14.9. The second-order valence-electron chi connectivity index (χ2n) is 4.77. The Bertz CT molecular complexity index is 524. The van der Waals surface area contributed by atoms with Crippen molar-refractivity contribution < 1.29 is 9.47 Å². The lowest BCUT2D eigenvalue weighted by atomic mass is 10.3. The van der Waals surface area contributed by atoms with E-state index in [9.17, 15) is 0 Å². The number of para-hydroxylation sites is 1. The highest BCUT2D eigenvalue weighted by Gasteiger charge is 2.02. The van der Waals surface area contributed by atoms with Gasteiger partial charge in [0.2, 0.25) is 0 Å². The van der Waals surface area contributed by atoms with Crippen LogP contribution in [0.25, 0.3) is 0 Å². The molecule has 2 aromatic carbocycles. The Kier molecular flexibility index (Phi) is 6.10. The molecule has 0 unspecified atom stereocenters. The van der Waals surface area contributed by atoms with E-state index < -0.39 is 0 Å². The first kappa shape index (κ1) is 15.4. The van der Waals surface area contributed by atoms with E-state index in [0.717, 1.165) is 36.9 Å². The van der Waals surface area contributed by atoms with E-state index in [4.69, 9.17) is 9.47 Å². The van der Waals surface area contributed by atoms with Crippen molar-refractivity contribution in [3.63, 3.8) is 0 Å². The molecule has 0 saturated carbocycles. The zero-order valence-electron chi connectivity index (χ0n) is 12.8. The molecular formula is C18H23NO2. The van der Waals surface area contributed by atoms with Crippen LogP contribution in [0.3, 0.4) is 0 Å². The highest BCUT2D eigenvalue weighted by atomic mass is 16.5. The van der Waals surface area contributed by atoms with Crippen molar-refractivity contribution in [1.82, 2.24) is 4.90 Å². The summed E-state index contributed by atoms with van der Waals surface area (Å²) in [6.07, 6.45) is 0. The Morgan fingerprint density at radius 2 is 1.48 bits per heavy atom. The van der Waals surface area contributed by atoms with Crippen molar-refractivity contribution >= 4 is 0 Å². The van der Waals surface area contributed by atoms with Gasteiger partial charge in [-0.3, -0.25) is 0 Å². The molecule has 0 heterocycles. The lowest BCUT2D eigenvalue weighted by molar-refractivity contribution is 0.222.